The molecule has 0 spiro atoms. The zero-order valence-electron chi connectivity index (χ0n) is 12.1. The second-order valence-corrected chi connectivity index (χ2v) is 8.57. The van der Waals surface area contributed by atoms with E-state index < -0.39 is 10.0 Å². The lowest BCUT2D eigenvalue weighted by molar-refractivity contribution is 0.0583. The summed E-state index contributed by atoms with van der Waals surface area (Å²) in [5.74, 6) is -0.153. The summed E-state index contributed by atoms with van der Waals surface area (Å²) < 4.78 is 23.4. The Morgan fingerprint density at radius 3 is 2.62 bits per heavy atom. The predicted octanol–water partition coefficient (Wildman–Crippen LogP) is 2.36. The number of hydrogen-bond acceptors (Lipinski definition) is 3. The molecule has 0 aromatic heterocycles. The molecule has 1 heterocycles. The minimum Gasteiger partial charge on any atom is -0.338 e. The summed E-state index contributed by atoms with van der Waals surface area (Å²) >= 11 is 3.15. The number of benzene rings is 1. The van der Waals surface area contributed by atoms with Crippen molar-refractivity contribution in [1.29, 1.82) is 0 Å². The molecule has 1 aliphatic heterocycles. The molecule has 1 aliphatic rings. The van der Waals surface area contributed by atoms with Crippen molar-refractivity contribution >= 4 is 31.9 Å². The molecular formula is C14H19BrN2O3S. The Hall–Kier alpha value is -0.920. The first-order valence-corrected chi connectivity index (χ1v) is 9.06. The van der Waals surface area contributed by atoms with Gasteiger partial charge in [-0.25, -0.2) is 13.6 Å². The van der Waals surface area contributed by atoms with Crippen LogP contribution in [-0.4, -0.2) is 32.3 Å². The van der Waals surface area contributed by atoms with Gasteiger partial charge in [0.1, 0.15) is 0 Å². The zero-order valence-corrected chi connectivity index (χ0v) is 14.5. The molecule has 0 aliphatic carbocycles. The van der Waals surface area contributed by atoms with Crippen LogP contribution in [-0.2, 0) is 10.0 Å². The lowest BCUT2D eigenvalue weighted by atomic mass is 9.84. The summed E-state index contributed by atoms with van der Waals surface area (Å²) in [6.07, 6.45) is 2.04. The smallest absolute Gasteiger partial charge is 0.253 e. The third-order valence-electron chi connectivity index (χ3n) is 3.67. The number of piperidine rings is 1. The van der Waals surface area contributed by atoms with Gasteiger partial charge in [-0.2, -0.15) is 0 Å². The summed E-state index contributed by atoms with van der Waals surface area (Å²) in [5.41, 5.74) is 0.436. The first-order chi connectivity index (χ1) is 9.60. The van der Waals surface area contributed by atoms with Gasteiger partial charge in [0.2, 0.25) is 10.0 Å². The van der Waals surface area contributed by atoms with Gasteiger partial charge in [-0.05, 0) is 52.4 Å². The van der Waals surface area contributed by atoms with Crippen LogP contribution in [0.5, 0.6) is 0 Å². The SMILES string of the molecule is CC1(C)CCCN(C(=O)c2ccc(Br)c(S(N)(=O)=O)c2)C1. The van der Waals surface area contributed by atoms with Crippen LogP contribution in [0.4, 0.5) is 0 Å². The fourth-order valence-corrected chi connectivity index (χ4v) is 4.19. The Morgan fingerprint density at radius 1 is 1.38 bits per heavy atom. The molecule has 116 valence electrons. The molecule has 1 saturated heterocycles. The molecule has 21 heavy (non-hydrogen) atoms. The van der Waals surface area contributed by atoms with Gasteiger partial charge in [-0.1, -0.05) is 13.8 Å². The highest BCUT2D eigenvalue weighted by molar-refractivity contribution is 9.10. The van der Waals surface area contributed by atoms with Crippen molar-refractivity contribution in [2.75, 3.05) is 13.1 Å². The fourth-order valence-electron chi connectivity index (χ4n) is 2.63. The van der Waals surface area contributed by atoms with Crippen molar-refractivity contribution in [3.63, 3.8) is 0 Å². The number of amides is 1. The molecule has 5 nitrogen and oxygen atoms in total. The number of rotatable bonds is 2. The highest BCUT2D eigenvalue weighted by Gasteiger charge is 2.30. The van der Waals surface area contributed by atoms with E-state index in [-0.39, 0.29) is 16.2 Å². The third kappa shape index (κ3) is 3.84. The molecule has 2 rings (SSSR count). The quantitative estimate of drug-likeness (QED) is 0.862. The van der Waals surface area contributed by atoms with E-state index in [4.69, 9.17) is 5.14 Å². The van der Waals surface area contributed by atoms with Gasteiger partial charge in [0.05, 0.1) is 4.90 Å². The standard InChI is InChI=1S/C14H19BrN2O3S/c1-14(2)6-3-7-17(9-14)13(18)10-4-5-11(15)12(8-10)21(16,19)20/h4-5,8H,3,6-7,9H2,1-2H3,(H2,16,19,20). The molecule has 0 bridgehead atoms. The molecule has 7 heteroatoms. The summed E-state index contributed by atoms with van der Waals surface area (Å²) in [4.78, 5) is 14.3. The maximum absolute atomic E-state index is 12.6. The van der Waals surface area contributed by atoms with Crippen molar-refractivity contribution < 1.29 is 13.2 Å². The Balaban J connectivity index is 2.32. The largest absolute Gasteiger partial charge is 0.338 e. The second kappa shape index (κ2) is 5.70. The van der Waals surface area contributed by atoms with E-state index in [1.54, 1.807) is 17.0 Å². The number of carbonyl (C=O) groups excluding carboxylic acids is 1. The van der Waals surface area contributed by atoms with Gasteiger partial charge in [0.25, 0.3) is 5.91 Å². The maximum Gasteiger partial charge on any atom is 0.253 e. The van der Waals surface area contributed by atoms with Crippen LogP contribution in [0.1, 0.15) is 37.0 Å². The van der Waals surface area contributed by atoms with E-state index in [1.807, 2.05) is 0 Å². The number of hydrogen-bond donors (Lipinski definition) is 1. The summed E-state index contributed by atoms with van der Waals surface area (Å²) in [6.45, 7) is 5.63. The van der Waals surface area contributed by atoms with E-state index in [0.29, 0.717) is 23.1 Å². The topological polar surface area (TPSA) is 80.5 Å². The zero-order chi connectivity index (χ0) is 15.8. The van der Waals surface area contributed by atoms with Gasteiger partial charge in [0, 0.05) is 23.1 Å². The van der Waals surface area contributed by atoms with E-state index in [0.717, 1.165) is 12.8 Å². The Morgan fingerprint density at radius 2 is 2.05 bits per heavy atom. The number of sulfonamides is 1. The molecule has 0 atom stereocenters. The number of nitrogens with two attached hydrogens (primary N) is 1. The summed E-state index contributed by atoms with van der Waals surface area (Å²) in [7, 11) is -3.86. The van der Waals surface area contributed by atoms with Crippen LogP contribution in [0.2, 0.25) is 0 Å². The normalized spacial score (nSPS) is 18.6. The van der Waals surface area contributed by atoms with Crippen LogP contribution in [0.25, 0.3) is 0 Å². The molecule has 0 saturated carbocycles. The highest BCUT2D eigenvalue weighted by atomic mass is 79.9. The van der Waals surface area contributed by atoms with Crippen LogP contribution in [0.3, 0.4) is 0 Å². The Labute approximate surface area is 133 Å². The van der Waals surface area contributed by atoms with Crippen molar-refractivity contribution in [2.45, 2.75) is 31.6 Å². The lowest BCUT2D eigenvalue weighted by Crippen LogP contribution is -2.43. The van der Waals surface area contributed by atoms with E-state index >= 15 is 0 Å². The van der Waals surface area contributed by atoms with E-state index in [9.17, 15) is 13.2 Å². The number of halogens is 1. The van der Waals surface area contributed by atoms with E-state index in [1.165, 1.54) is 6.07 Å². The van der Waals surface area contributed by atoms with Gasteiger partial charge >= 0.3 is 0 Å². The van der Waals surface area contributed by atoms with E-state index in [2.05, 4.69) is 29.8 Å². The van der Waals surface area contributed by atoms with Gasteiger partial charge < -0.3 is 4.90 Å². The Bertz CT molecular complexity index is 671. The second-order valence-electron chi connectivity index (χ2n) is 6.18. The first-order valence-electron chi connectivity index (χ1n) is 6.72. The molecular weight excluding hydrogens is 356 g/mol. The van der Waals surface area contributed by atoms with Crippen molar-refractivity contribution in [2.24, 2.45) is 10.6 Å². The van der Waals surface area contributed by atoms with Crippen LogP contribution in [0, 0.1) is 5.41 Å². The fraction of sp³-hybridized carbons (Fsp3) is 0.500. The third-order valence-corrected chi connectivity index (χ3v) is 5.58. The van der Waals surface area contributed by atoms with Crippen LogP contribution in [0.15, 0.2) is 27.6 Å². The van der Waals surface area contributed by atoms with Gasteiger partial charge in [0.15, 0.2) is 0 Å². The first kappa shape index (κ1) is 16.5. The number of likely N-dealkylation sites (tertiary alicyclic amines) is 1. The molecule has 2 N–H and O–H groups in total. The predicted molar refractivity (Wildman–Crippen MR) is 84.4 cm³/mol. The molecule has 1 amide bonds. The minimum absolute atomic E-state index is 0.0652. The minimum atomic E-state index is -3.86. The molecule has 1 aromatic carbocycles. The van der Waals surface area contributed by atoms with Crippen molar-refractivity contribution in [3.8, 4) is 0 Å². The summed E-state index contributed by atoms with van der Waals surface area (Å²) in [5, 5.41) is 5.17. The number of carbonyl (C=O) groups is 1. The molecule has 1 fully saturated rings. The van der Waals surface area contributed by atoms with Gasteiger partial charge in [-0.3, -0.25) is 4.79 Å². The molecule has 1 aromatic rings. The molecule has 0 unspecified atom stereocenters. The number of nitrogens with zero attached hydrogens (tertiary/aromatic N) is 1. The number of primary sulfonamides is 1. The summed E-state index contributed by atoms with van der Waals surface area (Å²) in [6, 6.07) is 4.49. The average Bonchev–Trinajstić information content (AvgIpc) is 2.36. The maximum atomic E-state index is 12.6. The van der Waals surface area contributed by atoms with Crippen molar-refractivity contribution in [3.05, 3.63) is 28.2 Å². The lowest BCUT2D eigenvalue weighted by Gasteiger charge is -2.38. The van der Waals surface area contributed by atoms with Crippen molar-refractivity contribution in [1.82, 2.24) is 4.90 Å². The Kier molecular flexibility index (Phi) is 4.46. The molecule has 0 radical (unpaired) electrons. The average molecular weight is 375 g/mol. The van der Waals surface area contributed by atoms with Gasteiger partial charge in [-0.15, -0.1) is 0 Å². The van der Waals surface area contributed by atoms with Crippen LogP contribution < -0.4 is 5.14 Å². The van der Waals surface area contributed by atoms with Crippen LogP contribution >= 0.6 is 15.9 Å². The highest BCUT2D eigenvalue weighted by Crippen LogP contribution is 2.30. The monoisotopic (exact) mass is 374 g/mol.